The second kappa shape index (κ2) is 5.89. The fourth-order valence-corrected chi connectivity index (χ4v) is 3.17. The molecule has 0 bridgehead atoms. The predicted molar refractivity (Wildman–Crippen MR) is 94.7 cm³/mol. The van der Waals surface area contributed by atoms with Crippen molar-refractivity contribution in [3.05, 3.63) is 34.0 Å². The quantitative estimate of drug-likeness (QED) is 0.747. The van der Waals surface area contributed by atoms with E-state index in [1.807, 2.05) is 47.6 Å². The van der Waals surface area contributed by atoms with Gasteiger partial charge in [-0.3, -0.25) is 0 Å². The van der Waals surface area contributed by atoms with E-state index in [9.17, 15) is 4.39 Å². The summed E-state index contributed by atoms with van der Waals surface area (Å²) in [5.41, 5.74) is 3.10. The molecule has 2 aliphatic heterocycles. The lowest BCUT2D eigenvalue weighted by Crippen LogP contribution is -2.41. The first kappa shape index (κ1) is 17.5. The summed E-state index contributed by atoms with van der Waals surface area (Å²) in [7, 11) is -0.412. The standard InChI is InChI=1S/C19H26BFO3/c1-12(20-23-18(3,4)19(5,6)24-20)10-14-11-16(21)17-15(13(14)2)8-7-9-22-17/h10-11H,7-9H2,1-6H3. The summed E-state index contributed by atoms with van der Waals surface area (Å²) in [6, 6.07) is 1.55. The monoisotopic (exact) mass is 332 g/mol. The van der Waals surface area contributed by atoms with E-state index in [2.05, 4.69) is 0 Å². The van der Waals surface area contributed by atoms with E-state index in [-0.39, 0.29) is 17.0 Å². The number of halogens is 1. The van der Waals surface area contributed by atoms with Crippen LogP contribution in [0, 0.1) is 12.7 Å². The molecule has 0 aromatic heterocycles. The Bertz CT molecular complexity index is 678. The molecule has 0 amide bonds. The SMILES string of the molecule is CC(=Cc1cc(F)c2c(c1C)CCCO2)B1OC(C)(C)C(C)(C)O1. The number of benzene rings is 1. The normalized spacial score (nSPS) is 22.3. The van der Waals surface area contributed by atoms with Crippen molar-refractivity contribution < 1.29 is 18.4 Å². The van der Waals surface area contributed by atoms with Crippen molar-refractivity contribution in [2.75, 3.05) is 6.61 Å². The van der Waals surface area contributed by atoms with Crippen LogP contribution in [0.15, 0.2) is 11.5 Å². The molecule has 3 rings (SSSR count). The van der Waals surface area contributed by atoms with Crippen LogP contribution in [-0.4, -0.2) is 24.9 Å². The largest absolute Gasteiger partial charge is 0.490 e. The van der Waals surface area contributed by atoms with Gasteiger partial charge in [-0.1, -0.05) is 6.08 Å². The number of allylic oxidation sites excluding steroid dienone is 1. The van der Waals surface area contributed by atoms with Crippen LogP contribution < -0.4 is 4.74 Å². The Hall–Kier alpha value is -1.33. The van der Waals surface area contributed by atoms with Crippen LogP contribution in [-0.2, 0) is 15.7 Å². The smallest absolute Gasteiger partial charge is 0.490 e. The molecule has 1 aromatic rings. The zero-order valence-corrected chi connectivity index (χ0v) is 15.5. The highest BCUT2D eigenvalue weighted by Crippen LogP contribution is 2.39. The summed E-state index contributed by atoms with van der Waals surface area (Å²) in [5.74, 6) is 0.132. The Labute approximate surface area is 144 Å². The molecule has 3 nitrogen and oxygen atoms in total. The maximum Gasteiger partial charge on any atom is 0.490 e. The molecule has 2 aliphatic rings. The van der Waals surface area contributed by atoms with E-state index >= 15 is 0 Å². The average molecular weight is 332 g/mol. The van der Waals surface area contributed by atoms with Gasteiger partial charge in [-0.2, -0.15) is 0 Å². The fourth-order valence-electron chi connectivity index (χ4n) is 3.17. The van der Waals surface area contributed by atoms with Crippen molar-refractivity contribution >= 4 is 13.2 Å². The van der Waals surface area contributed by atoms with Crippen LogP contribution in [0.2, 0.25) is 0 Å². The molecular weight excluding hydrogens is 306 g/mol. The highest BCUT2D eigenvalue weighted by atomic mass is 19.1. The van der Waals surface area contributed by atoms with Gasteiger partial charge >= 0.3 is 7.12 Å². The van der Waals surface area contributed by atoms with Crippen LogP contribution in [0.5, 0.6) is 5.75 Å². The van der Waals surface area contributed by atoms with E-state index in [0.29, 0.717) is 12.4 Å². The van der Waals surface area contributed by atoms with Crippen molar-refractivity contribution in [3.63, 3.8) is 0 Å². The van der Waals surface area contributed by atoms with Crippen LogP contribution in [0.3, 0.4) is 0 Å². The first-order valence-electron chi connectivity index (χ1n) is 8.61. The molecule has 0 atom stereocenters. The molecule has 1 fully saturated rings. The van der Waals surface area contributed by atoms with Crippen molar-refractivity contribution in [1.29, 1.82) is 0 Å². The minimum atomic E-state index is -0.412. The Morgan fingerprint density at radius 2 is 1.83 bits per heavy atom. The molecule has 0 N–H and O–H groups in total. The van der Waals surface area contributed by atoms with Crippen molar-refractivity contribution in [2.24, 2.45) is 0 Å². The van der Waals surface area contributed by atoms with Gasteiger partial charge in [-0.25, -0.2) is 4.39 Å². The Morgan fingerprint density at radius 3 is 2.46 bits per heavy atom. The first-order chi connectivity index (χ1) is 11.1. The second-order valence-corrected chi connectivity index (χ2v) is 7.81. The zero-order valence-electron chi connectivity index (χ0n) is 15.5. The van der Waals surface area contributed by atoms with Gasteiger partial charge in [0.2, 0.25) is 0 Å². The number of hydrogen-bond donors (Lipinski definition) is 0. The number of fused-ring (bicyclic) bond motifs is 1. The van der Waals surface area contributed by atoms with Crippen LogP contribution in [0.4, 0.5) is 4.39 Å². The average Bonchev–Trinajstić information content (AvgIpc) is 2.73. The van der Waals surface area contributed by atoms with Gasteiger partial charge in [0.1, 0.15) is 0 Å². The van der Waals surface area contributed by atoms with E-state index in [4.69, 9.17) is 14.0 Å². The summed E-state index contributed by atoms with van der Waals surface area (Å²) in [6.45, 7) is 12.7. The molecule has 2 heterocycles. The third-order valence-corrected chi connectivity index (χ3v) is 5.48. The lowest BCUT2D eigenvalue weighted by Gasteiger charge is -2.32. The highest BCUT2D eigenvalue weighted by molar-refractivity contribution is 6.55. The van der Waals surface area contributed by atoms with Gasteiger partial charge in [0, 0.05) is 5.56 Å². The first-order valence-corrected chi connectivity index (χ1v) is 8.61. The van der Waals surface area contributed by atoms with E-state index in [1.165, 1.54) is 0 Å². The van der Waals surface area contributed by atoms with Gasteiger partial charge < -0.3 is 14.0 Å². The molecule has 1 saturated heterocycles. The number of ether oxygens (including phenoxy) is 1. The fraction of sp³-hybridized carbons (Fsp3) is 0.579. The third-order valence-electron chi connectivity index (χ3n) is 5.48. The molecule has 24 heavy (non-hydrogen) atoms. The van der Waals surface area contributed by atoms with Gasteiger partial charge in [0.25, 0.3) is 0 Å². The zero-order chi connectivity index (χ0) is 17.7. The van der Waals surface area contributed by atoms with E-state index in [1.54, 1.807) is 6.07 Å². The topological polar surface area (TPSA) is 27.7 Å². The van der Waals surface area contributed by atoms with Crippen molar-refractivity contribution in [1.82, 2.24) is 0 Å². The van der Waals surface area contributed by atoms with Gasteiger partial charge in [-0.15, -0.1) is 0 Å². The summed E-state index contributed by atoms with van der Waals surface area (Å²) in [4.78, 5) is 0. The summed E-state index contributed by atoms with van der Waals surface area (Å²) in [5, 5.41) is 0. The number of rotatable bonds is 2. The Morgan fingerprint density at radius 1 is 1.21 bits per heavy atom. The molecule has 1 aromatic carbocycles. The molecule has 0 spiro atoms. The highest BCUT2D eigenvalue weighted by Gasteiger charge is 2.51. The van der Waals surface area contributed by atoms with Crippen LogP contribution in [0.1, 0.15) is 57.7 Å². The van der Waals surface area contributed by atoms with Crippen molar-refractivity contribution in [3.8, 4) is 5.75 Å². The van der Waals surface area contributed by atoms with Gasteiger partial charge in [-0.05, 0) is 77.0 Å². The van der Waals surface area contributed by atoms with Crippen molar-refractivity contribution in [2.45, 2.75) is 65.6 Å². The lowest BCUT2D eigenvalue weighted by molar-refractivity contribution is 0.00578. The lowest BCUT2D eigenvalue weighted by atomic mass is 9.78. The molecule has 0 radical (unpaired) electrons. The predicted octanol–water partition coefficient (Wildman–Crippen LogP) is 4.49. The van der Waals surface area contributed by atoms with E-state index < -0.39 is 7.12 Å². The molecule has 130 valence electrons. The molecular formula is C19H26BFO3. The molecule has 5 heteroatoms. The summed E-state index contributed by atoms with van der Waals surface area (Å²) < 4.78 is 32.0. The van der Waals surface area contributed by atoms with Gasteiger partial charge in [0.05, 0.1) is 17.8 Å². The summed E-state index contributed by atoms with van der Waals surface area (Å²) >= 11 is 0. The Kier molecular flexibility index (Phi) is 4.29. The minimum Gasteiger partial charge on any atom is -0.490 e. The second-order valence-electron chi connectivity index (χ2n) is 7.81. The molecule has 0 unspecified atom stereocenters. The minimum absolute atomic E-state index is 0.289. The number of hydrogen-bond acceptors (Lipinski definition) is 3. The van der Waals surface area contributed by atoms with Crippen LogP contribution in [0.25, 0.3) is 6.08 Å². The Balaban J connectivity index is 1.93. The third kappa shape index (κ3) is 2.88. The maximum atomic E-state index is 14.4. The molecule has 0 aliphatic carbocycles. The van der Waals surface area contributed by atoms with Gasteiger partial charge in [0.15, 0.2) is 11.6 Å². The molecule has 0 saturated carbocycles. The van der Waals surface area contributed by atoms with Crippen LogP contribution >= 0.6 is 0 Å². The maximum absolute atomic E-state index is 14.4. The van der Waals surface area contributed by atoms with E-state index in [0.717, 1.165) is 35.0 Å². The summed E-state index contributed by atoms with van der Waals surface area (Å²) in [6.07, 6.45) is 3.75.